The zero-order valence-corrected chi connectivity index (χ0v) is 22.4. The van der Waals surface area contributed by atoms with Gasteiger partial charge in [0.05, 0.1) is 32.3 Å². The number of amides is 1. The van der Waals surface area contributed by atoms with E-state index in [0.717, 1.165) is 51.4 Å². The molecule has 0 aromatic carbocycles. The van der Waals surface area contributed by atoms with Gasteiger partial charge in [-0.25, -0.2) is 9.46 Å². The minimum atomic E-state index is -1.16. The zero-order chi connectivity index (χ0) is 24.8. The smallest absolute Gasteiger partial charge is 0.407 e. The molecule has 2 aliphatic rings. The van der Waals surface area contributed by atoms with Gasteiger partial charge in [-0.2, -0.15) is 5.26 Å². The van der Waals surface area contributed by atoms with Crippen LogP contribution < -0.4 is 5.32 Å². The van der Waals surface area contributed by atoms with E-state index < -0.39 is 8.53 Å². The molecule has 2 aliphatic carbocycles. The van der Waals surface area contributed by atoms with Crippen LogP contribution in [0.4, 0.5) is 4.79 Å². The van der Waals surface area contributed by atoms with Crippen LogP contribution in [-0.2, 0) is 13.8 Å². The minimum Gasteiger partial charge on any atom is -0.449 e. The first-order chi connectivity index (χ1) is 16.5. The summed E-state index contributed by atoms with van der Waals surface area (Å²) in [6.45, 7) is 10.8. The first-order valence-electron chi connectivity index (χ1n) is 13.0. The van der Waals surface area contributed by atoms with Crippen LogP contribution in [0.2, 0.25) is 0 Å². The molecule has 0 spiro atoms. The van der Waals surface area contributed by atoms with Crippen molar-refractivity contribution >= 4 is 14.6 Å². The Hall–Kier alpha value is -1.37. The molecule has 0 radical (unpaired) electrons. The van der Waals surface area contributed by atoms with Crippen LogP contribution in [0, 0.1) is 40.9 Å². The Balaban J connectivity index is 1.51. The maximum Gasteiger partial charge on any atom is 0.407 e. The molecular weight excluding hydrogens is 449 g/mol. The molecule has 0 saturated heterocycles. The van der Waals surface area contributed by atoms with Gasteiger partial charge in [0.25, 0.3) is 8.53 Å². The number of rotatable bonds is 16. The van der Waals surface area contributed by atoms with Gasteiger partial charge in [0.1, 0.15) is 0 Å². The summed E-state index contributed by atoms with van der Waals surface area (Å²) in [4.78, 5) is 12.0. The molecule has 1 amide bonds. The Morgan fingerprint density at radius 2 is 1.65 bits per heavy atom. The third kappa shape index (κ3) is 10.5. The van der Waals surface area contributed by atoms with Crippen LogP contribution in [0.5, 0.6) is 0 Å². The average Bonchev–Trinajstić information content (AvgIpc) is 3.42. The minimum absolute atomic E-state index is 0.290. The van der Waals surface area contributed by atoms with E-state index in [1.54, 1.807) is 0 Å². The standard InChI is InChI=1S/C26H44N3O4P/c1-21(2)29(22(3)4)34(33-19-13-16-27)32-18-12-8-7-11-17-28-26(30)31-20-25-23-14-9-5-6-10-15-24(23)25/h21-25H,7-15,17-20H2,1-4H3,(H,28,30)/t23-,24+,25-,34?. The van der Waals surface area contributed by atoms with Gasteiger partial charge < -0.3 is 19.1 Å². The molecule has 192 valence electrons. The molecule has 0 aromatic rings. The predicted octanol–water partition coefficient (Wildman–Crippen LogP) is 6.01. The van der Waals surface area contributed by atoms with E-state index in [1.165, 1.54) is 0 Å². The highest BCUT2D eigenvalue weighted by atomic mass is 31.2. The van der Waals surface area contributed by atoms with Crippen LogP contribution in [0.1, 0.15) is 85.5 Å². The molecule has 0 aliphatic heterocycles. The molecule has 0 bridgehead atoms. The lowest BCUT2D eigenvalue weighted by molar-refractivity contribution is 0.137. The van der Waals surface area contributed by atoms with Gasteiger partial charge in [-0.05, 0) is 71.1 Å². The monoisotopic (exact) mass is 493 g/mol. The number of unbranched alkanes of at least 4 members (excludes halogenated alkanes) is 3. The number of alkyl carbamates (subject to hydrolysis) is 1. The summed E-state index contributed by atoms with van der Waals surface area (Å²) in [6.07, 6.45) is 8.30. The van der Waals surface area contributed by atoms with Crippen molar-refractivity contribution < 1.29 is 18.6 Å². The van der Waals surface area contributed by atoms with E-state index in [2.05, 4.69) is 55.6 Å². The molecule has 8 heteroatoms. The average molecular weight is 494 g/mol. The van der Waals surface area contributed by atoms with E-state index in [9.17, 15) is 4.79 Å². The van der Waals surface area contributed by atoms with E-state index >= 15 is 0 Å². The number of ether oxygens (including phenoxy) is 1. The van der Waals surface area contributed by atoms with Gasteiger partial charge in [0.15, 0.2) is 0 Å². The van der Waals surface area contributed by atoms with E-state index in [1.807, 2.05) is 0 Å². The third-order valence-electron chi connectivity index (χ3n) is 6.45. The molecule has 7 nitrogen and oxygen atoms in total. The number of nitrogens with zero attached hydrogens (tertiary/aromatic N) is 2. The van der Waals surface area contributed by atoms with Crippen LogP contribution in [0.3, 0.4) is 0 Å². The fraction of sp³-hybridized carbons (Fsp3) is 0.846. The molecule has 1 N–H and O–H groups in total. The van der Waals surface area contributed by atoms with Crippen molar-refractivity contribution in [3.8, 4) is 17.9 Å². The Bertz CT molecular complexity index is 674. The summed E-state index contributed by atoms with van der Waals surface area (Å²) in [5.74, 6) is 8.37. The lowest BCUT2D eigenvalue weighted by atomic mass is 10.1. The largest absolute Gasteiger partial charge is 0.449 e. The van der Waals surface area contributed by atoms with E-state index in [0.29, 0.717) is 62.6 Å². The fourth-order valence-electron chi connectivity index (χ4n) is 4.73. The topological polar surface area (TPSA) is 83.8 Å². The predicted molar refractivity (Wildman–Crippen MR) is 136 cm³/mol. The molecule has 1 fully saturated rings. The SMILES string of the molecule is CC(C)N(C(C)C)P(OCCC#N)OCCCCCCNC(=O)OC[C@@H]1[C@@H]2CCC#CCC[C@@H]21. The highest BCUT2D eigenvalue weighted by Gasteiger charge is 2.49. The Kier molecular flexibility index (Phi) is 13.9. The normalized spacial score (nSPS) is 22.2. The molecule has 2 rings (SSSR count). The maximum absolute atomic E-state index is 12.0. The van der Waals surface area contributed by atoms with Crippen molar-refractivity contribution in [2.75, 3.05) is 26.4 Å². The summed E-state index contributed by atoms with van der Waals surface area (Å²) < 4.78 is 19.7. The summed E-state index contributed by atoms with van der Waals surface area (Å²) in [5.41, 5.74) is 0. The highest BCUT2D eigenvalue weighted by molar-refractivity contribution is 7.44. The van der Waals surface area contributed by atoms with Crippen molar-refractivity contribution in [1.82, 2.24) is 9.99 Å². The first-order valence-corrected chi connectivity index (χ1v) is 14.2. The van der Waals surface area contributed by atoms with Gasteiger partial charge >= 0.3 is 6.09 Å². The molecular formula is C26H44N3O4P. The molecule has 1 saturated carbocycles. The van der Waals surface area contributed by atoms with Crippen LogP contribution in [0.25, 0.3) is 0 Å². The van der Waals surface area contributed by atoms with E-state index in [-0.39, 0.29) is 6.09 Å². The number of carbonyl (C=O) groups is 1. The first kappa shape index (κ1) is 28.9. The second-order valence-corrected chi connectivity index (χ2v) is 11.2. The molecule has 0 heterocycles. The van der Waals surface area contributed by atoms with Crippen LogP contribution in [0.15, 0.2) is 0 Å². The van der Waals surface area contributed by atoms with Crippen LogP contribution >= 0.6 is 8.53 Å². The van der Waals surface area contributed by atoms with Crippen molar-refractivity contribution in [1.29, 1.82) is 5.26 Å². The van der Waals surface area contributed by atoms with Gasteiger partial charge in [0.2, 0.25) is 0 Å². The van der Waals surface area contributed by atoms with Crippen molar-refractivity contribution in [3.05, 3.63) is 0 Å². The summed E-state index contributed by atoms with van der Waals surface area (Å²) >= 11 is 0. The summed E-state index contributed by atoms with van der Waals surface area (Å²) in [6, 6.07) is 2.75. The van der Waals surface area contributed by atoms with Gasteiger partial charge in [-0.1, -0.05) is 12.8 Å². The lowest BCUT2D eigenvalue weighted by Crippen LogP contribution is -2.33. The van der Waals surface area contributed by atoms with Gasteiger partial charge in [-0.3, -0.25) is 0 Å². The van der Waals surface area contributed by atoms with Crippen molar-refractivity contribution in [2.45, 2.75) is 97.6 Å². The maximum atomic E-state index is 12.0. The molecule has 4 atom stereocenters. The number of nitriles is 1. The highest BCUT2D eigenvalue weighted by Crippen LogP contribution is 2.52. The molecule has 34 heavy (non-hydrogen) atoms. The van der Waals surface area contributed by atoms with Crippen molar-refractivity contribution in [3.63, 3.8) is 0 Å². The van der Waals surface area contributed by atoms with E-state index in [4.69, 9.17) is 19.0 Å². The molecule has 1 unspecified atom stereocenters. The van der Waals surface area contributed by atoms with Gasteiger partial charge in [0, 0.05) is 31.5 Å². The number of carbonyl (C=O) groups excluding carboxylic acids is 1. The lowest BCUT2D eigenvalue weighted by Gasteiger charge is -2.35. The number of hydrogen-bond acceptors (Lipinski definition) is 6. The summed E-state index contributed by atoms with van der Waals surface area (Å²) in [5, 5.41) is 11.7. The third-order valence-corrected chi connectivity index (χ3v) is 8.56. The van der Waals surface area contributed by atoms with Crippen molar-refractivity contribution in [2.24, 2.45) is 17.8 Å². The number of nitrogens with one attached hydrogen (secondary N) is 1. The fourth-order valence-corrected chi connectivity index (χ4v) is 6.36. The second kappa shape index (κ2) is 16.3. The summed E-state index contributed by atoms with van der Waals surface area (Å²) in [7, 11) is -1.16. The quantitative estimate of drug-likeness (QED) is 0.161. The second-order valence-electron chi connectivity index (χ2n) is 9.74. The van der Waals surface area contributed by atoms with Gasteiger partial charge in [-0.15, -0.1) is 11.8 Å². The number of hydrogen-bond donors (Lipinski definition) is 1. The van der Waals surface area contributed by atoms with Crippen LogP contribution in [-0.4, -0.2) is 49.2 Å². The Labute approximate surface area is 208 Å². The number of fused-ring (bicyclic) bond motifs is 1. The Morgan fingerprint density at radius 1 is 1.03 bits per heavy atom. The molecule has 0 aromatic heterocycles. The zero-order valence-electron chi connectivity index (χ0n) is 21.6. The Morgan fingerprint density at radius 3 is 2.26 bits per heavy atom.